The van der Waals surface area contributed by atoms with Crippen molar-refractivity contribution in [2.45, 2.75) is 26.2 Å². The molecule has 0 aliphatic rings. The second kappa shape index (κ2) is 9.36. The van der Waals surface area contributed by atoms with Crippen molar-refractivity contribution >= 4 is 27.8 Å². The van der Waals surface area contributed by atoms with Crippen LogP contribution in [0.25, 0.3) is 33.1 Å². The Labute approximate surface area is 184 Å². The van der Waals surface area contributed by atoms with Crippen LogP contribution in [0, 0.1) is 12.7 Å². The zero-order valence-corrected chi connectivity index (χ0v) is 18.0. The van der Waals surface area contributed by atoms with Gasteiger partial charge in [0.2, 0.25) is 5.91 Å². The van der Waals surface area contributed by atoms with Crippen LogP contribution in [0.15, 0.2) is 56.3 Å². The Morgan fingerprint density at radius 3 is 2.66 bits per heavy atom. The highest BCUT2D eigenvalue weighted by molar-refractivity contribution is 6.02. The molecule has 0 unspecified atom stereocenters. The molecular weight excluding hydrogens is 413 g/mol. The number of carbonyl (C=O) groups excluding carboxylic acids is 1. The van der Waals surface area contributed by atoms with Crippen molar-refractivity contribution in [3.63, 3.8) is 0 Å². The van der Waals surface area contributed by atoms with E-state index in [0.717, 1.165) is 33.9 Å². The van der Waals surface area contributed by atoms with E-state index in [1.54, 1.807) is 31.6 Å². The molecule has 0 saturated heterocycles. The lowest BCUT2D eigenvalue weighted by molar-refractivity contribution is -0.121. The SMILES string of the molecule is COCCCNC(=O)CCc1c(C)c2cc3c(-c4ccc(F)cc4)coc3cc2oc1=O. The Morgan fingerprint density at radius 2 is 1.91 bits per heavy atom. The lowest BCUT2D eigenvalue weighted by atomic mass is 9.99. The summed E-state index contributed by atoms with van der Waals surface area (Å²) < 4.78 is 29.5. The van der Waals surface area contributed by atoms with Gasteiger partial charge in [0.25, 0.3) is 0 Å². The van der Waals surface area contributed by atoms with E-state index in [1.807, 2.05) is 13.0 Å². The van der Waals surface area contributed by atoms with Crippen molar-refractivity contribution < 1.29 is 22.8 Å². The van der Waals surface area contributed by atoms with Gasteiger partial charge in [-0.05, 0) is 49.1 Å². The summed E-state index contributed by atoms with van der Waals surface area (Å²) in [5, 5.41) is 4.43. The highest BCUT2D eigenvalue weighted by Gasteiger charge is 2.16. The molecule has 1 amide bonds. The molecule has 0 aliphatic heterocycles. The van der Waals surface area contributed by atoms with E-state index in [1.165, 1.54) is 12.1 Å². The molecule has 1 N–H and O–H groups in total. The predicted molar refractivity (Wildman–Crippen MR) is 120 cm³/mol. The average Bonchev–Trinajstić information content (AvgIpc) is 3.19. The van der Waals surface area contributed by atoms with Gasteiger partial charge in [0.05, 0.1) is 6.26 Å². The monoisotopic (exact) mass is 437 g/mol. The zero-order valence-electron chi connectivity index (χ0n) is 18.0. The number of amides is 1. The molecule has 0 atom stereocenters. The van der Waals surface area contributed by atoms with E-state index in [4.69, 9.17) is 13.6 Å². The summed E-state index contributed by atoms with van der Waals surface area (Å²) in [6, 6.07) is 9.80. The number of carbonyl (C=O) groups is 1. The molecule has 4 rings (SSSR count). The smallest absolute Gasteiger partial charge is 0.339 e. The fourth-order valence-corrected chi connectivity index (χ4v) is 3.82. The summed E-state index contributed by atoms with van der Waals surface area (Å²) in [6.45, 7) is 2.97. The topological polar surface area (TPSA) is 81.7 Å². The van der Waals surface area contributed by atoms with E-state index < -0.39 is 5.63 Å². The van der Waals surface area contributed by atoms with Gasteiger partial charge in [-0.15, -0.1) is 0 Å². The number of benzene rings is 2. The van der Waals surface area contributed by atoms with E-state index >= 15 is 0 Å². The van der Waals surface area contributed by atoms with Crippen LogP contribution in [0.2, 0.25) is 0 Å². The molecule has 7 heteroatoms. The van der Waals surface area contributed by atoms with Crippen LogP contribution in [0.1, 0.15) is 24.0 Å². The molecule has 0 saturated carbocycles. The number of ether oxygens (including phenoxy) is 1. The van der Waals surface area contributed by atoms with Crippen LogP contribution in [0.3, 0.4) is 0 Å². The van der Waals surface area contributed by atoms with Crippen molar-refractivity contribution in [2.24, 2.45) is 0 Å². The Kier molecular flexibility index (Phi) is 6.37. The number of hydrogen-bond acceptors (Lipinski definition) is 5. The number of furan rings is 1. The molecule has 0 bridgehead atoms. The molecule has 0 radical (unpaired) electrons. The second-order valence-electron chi connectivity index (χ2n) is 7.69. The highest BCUT2D eigenvalue weighted by Crippen LogP contribution is 2.34. The first-order valence-corrected chi connectivity index (χ1v) is 10.5. The largest absolute Gasteiger partial charge is 0.464 e. The van der Waals surface area contributed by atoms with Crippen LogP contribution >= 0.6 is 0 Å². The van der Waals surface area contributed by atoms with Gasteiger partial charge in [0, 0.05) is 54.6 Å². The maximum atomic E-state index is 13.3. The molecule has 6 nitrogen and oxygen atoms in total. The Morgan fingerprint density at radius 1 is 1.12 bits per heavy atom. The predicted octanol–water partition coefficient (Wildman–Crippen LogP) is 4.74. The molecule has 166 valence electrons. The number of nitrogens with one attached hydrogen (secondary N) is 1. The van der Waals surface area contributed by atoms with Crippen molar-refractivity contribution in [3.05, 3.63) is 70.0 Å². The minimum atomic E-state index is -0.452. The number of fused-ring (bicyclic) bond motifs is 2. The normalized spacial score (nSPS) is 11.3. The maximum absolute atomic E-state index is 13.3. The van der Waals surface area contributed by atoms with Gasteiger partial charge in [-0.3, -0.25) is 4.79 Å². The van der Waals surface area contributed by atoms with Crippen LogP contribution in [0.5, 0.6) is 0 Å². The lowest BCUT2D eigenvalue weighted by Crippen LogP contribution is -2.26. The Bertz CT molecular complexity index is 1320. The van der Waals surface area contributed by atoms with Gasteiger partial charge in [0.1, 0.15) is 17.0 Å². The fraction of sp³-hybridized carbons (Fsp3) is 0.280. The molecule has 32 heavy (non-hydrogen) atoms. The van der Waals surface area contributed by atoms with Gasteiger partial charge in [0.15, 0.2) is 0 Å². The molecule has 2 aromatic carbocycles. The van der Waals surface area contributed by atoms with E-state index in [9.17, 15) is 14.0 Å². The van der Waals surface area contributed by atoms with Gasteiger partial charge < -0.3 is 18.9 Å². The fourth-order valence-electron chi connectivity index (χ4n) is 3.82. The summed E-state index contributed by atoms with van der Waals surface area (Å²) in [5.41, 5.74) is 3.45. The third-order valence-corrected chi connectivity index (χ3v) is 5.59. The summed E-state index contributed by atoms with van der Waals surface area (Å²) in [4.78, 5) is 24.7. The second-order valence-corrected chi connectivity index (χ2v) is 7.69. The molecular formula is C25H24FNO5. The summed E-state index contributed by atoms with van der Waals surface area (Å²) in [7, 11) is 1.61. The minimum absolute atomic E-state index is 0.121. The van der Waals surface area contributed by atoms with Crippen molar-refractivity contribution in [1.82, 2.24) is 5.32 Å². The molecule has 0 fully saturated rings. The van der Waals surface area contributed by atoms with Crippen LogP contribution in [0.4, 0.5) is 4.39 Å². The van der Waals surface area contributed by atoms with Crippen molar-refractivity contribution in [2.75, 3.05) is 20.3 Å². The summed E-state index contributed by atoms with van der Waals surface area (Å²) in [6.07, 6.45) is 2.82. The molecule has 4 aromatic rings. The van der Waals surface area contributed by atoms with Crippen LogP contribution in [-0.2, 0) is 16.0 Å². The third-order valence-electron chi connectivity index (χ3n) is 5.59. The van der Waals surface area contributed by atoms with Crippen LogP contribution in [-0.4, -0.2) is 26.2 Å². The number of rotatable bonds is 8. The first-order valence-electron chi connectivity index (χ1n) is 10.5. The number of aryl methyl sites for hydroxylation is 1. The minimum Gasteiger partial charge on any atom is -0.464 e. The first kappa shape index (κ1) is 21.8. The van der Waals surface area contributed by atoms with Gasteiger partial charge in [-0.25, -0.2) is 9.18 Å². The lowest BCUT2D eigenvalue weighted by Gasteiger charge is -2.09. The Hall–Kier alpha value is -3.45. The first-order chi connectivity index (χ1) is 15.5. The molecule has 2 heterocycles. The van der Waals surface area contributed by atoms with Gasteiger partial charge in [-0.2, -0.15) is 0 Å². The summed E-state index contributed by atoms with van der Waals surface area (Å²) >= 11 is 0. The quantitative estimate of drug-likeness (QED) is 0.318. The van der Waals surface area contributed by atoms with Crippen LogP contribution < -0.4 is 10.9 Å². The van der Waals surface area contributed by atoms with E-state index in [0.29, 0.717) is 29.9 Å². The maximum Gasteiger partial charge on any atom is 0.339 e. The van der Waals surface area contributed by atoms with Gasteiger partial charge in [-0.1, -0.05) is 12.1 Å². The van der Waals surface area contributed by atoms with E-state index in [-0.39, 0.29) is 24.6 Å². The highest BCUT2D eigenvalue weighted by atomic mass is 19.1. The summed E-state index contributed by atoms with van der Waals surface area (Å²) in [5.74, 6) is -0.430. The standard InChI is InChI=1S/C25H24FNO5/c1-15-18(8-9-24(28)27-10-3-11-30-2)25(29)32-23-13-22-20(12-19(15)23)21(14-31-22)16-4-6-17(26)7-5-16/h4-7,12-14H,3,8-11H2,1-2H3,(H,27,28). The average molecular weight is 437 g/mol. The van der Waals surface area contributed by atoms with Gasteiger partial charge >= 0.3 is 5.63 Å². The molecule has 0 aliphatic carbocycles. The third kappa shape index (κ3) is 4.43. The Balaban J connectivity index is 1.64. The number of hydrogen-bond donors (Lipinski definition) is 1. The van der Waals surface area contributed by atoms with Crippen molar-refractivity contribution in [3.8, 4) is 11.1 Å². The van der Waals surface area contributed by atoms with Crippen molar-refractivity contribution in [1.29, 1.82) is 0 Å². The number of halogens is 1. The molecule has 2 aromatic heterocycles. The number of methoxy groups -OCH3 is 1. The molecule has 0 spiro atoms. The zero-order chi connectivity index (χ0) is 22.7. The van der Waals surface area contributed by atoms with E-state index in [2.05, 4.69) is 5.32 Å².